The van der Waals surface area contributed by atoms with Crippen molar-refractivity contribution in [2.24, 2.45) is 5.92 Å². The van der Waals surface area contributed by atoms with Crippen molar-refractivity contribution < 1.29 is 4.79 Å². The predicted molar refractivity (Wildman–Crippen MR) is 95.1 cm³/mol. The first kappa shape index (κ1) is 16.7. The van der Waals surface area contributed by atoms with Crippen molar-refractivity contribution >= 4 is 17.6 Å². The summed E-state index contributed by atoms with van der Waals surface area (Å²) in [5, 5.41) is 11.3. The Kier molecular flexibility index (Phi) is 4.73. The number of pyridine rings is 1. The summed E-state index contributed by atoms with van der Waals surface area (Å²) >= 11 is 0. The van der Waals surface area contributed by atoms with Gasteiger partial charge in [-0.1, -0.05) is 19.8 Å². The van der Waals surface area contributed by atoms with E-state index in [9.17, 15) is 4.79 Å². The fraction of sp³-hybridized carbons (Fsp3) is 0.611. The Morgan fingerprint density at radius 2 is 2.33 bits per heavy atom. The fourth-order valence-corrected chi connectivity index (χ4v) is 4.01. The number of likely N-dealkylation sites (N-methyl/N-ethyl adjacent to an activating group) is 1. The average Bonchev–Trinajstić information content (AvgIpc) is 2.85. The molecule has 24 heavy (non-hydrogen) atoms. The standard InChI is InChI=1S/C18H27N5O/c1-3-4-9-18(16(24)22(2)17(19)21-18)14-7-6-11-23(13-14)15-8-5-10-20-12-15/h5,8,10,12,14H,3-4,6-7,9,11,13H2,1-2H3,(H2,19,21)/t14?,18-/m1/s1. The number of anilines is 1. The summed E-state index contributed by atoms with van der Waals surface area (Å²) < 4.78 is 0. The van der Waals surface area contributed by atoms with Crippen molar-refractivity contribution in [2.75, 3.05) is 25.0 Å². The van der Waals surface area contributed by atoms with E-state index in [0.717, 1.165) is 50.9 Å². The van der Waals surface area contributed by atoms with Gasteiger partial charge in [-0.05, 0) is 31.4 Å². The van der Waals surface area contributed by atoms with Crippen LogP contribution >= 0.6 is 0 Å². The maximum Gasteiger partial charge on any atom is 0.255 e. The Balaban J connectivity index is 1.85. The number of carbonyl (C=O) groups is 1. The Hall–Kier alpha value is -2.11. The molecule has 0 radical (unpaired) electrons. The van der Waals surface area contributed by atoms with Crippen LogP contribution in [0.2, 0.25) is 0 Å². The third kappa shape index (κ3) is 2.85. The highest BCUT2D eigenvalue weighted by Crippen LogP contribution is 2.37. The molecule has 1 amide bonds. The number of hydrogen-bond acceptors (Lipinski definition) is 4. The van der Waals surface area contributed by atoms with Crippen LogP contribution in [0.1, 0.15) is 39.0 Å². The van der Waals surface area contributed by atoms with Gasteiger partial charge in [0.2, 0.25) is 0 Å². The Labute approximate surface area is 143 Å². The number of guanidine groups is 1. The van der Waals surface area contributed by atoms with Gasteiger partial charge >= 0.3 is 0 Å². The number of aromatic nitrogens is 1. The smallest absolute Gasteiger partial charge is 0.255 e. The lowest BCUT2D eigenvalue weighted by atomic mass is 9.75. The number of rotatable bonds is 5. The van der Waals surface area contributed by atoms with Gasteiger partial charge < -0.3 is 10.2 Å². The van der Waals surface area contributed by atoms with Gasteiger partial charge in [0.25, 0.3) is 5.91 Å². The van der Waals surface area contributed by atoms with Gasteiger partial charge in [0.05, 0.1) is 11.9 Å². The minimum Gasteiger partial charge on any atom is -0.370 e. The van der Waals surface area contributed by atoms with Crippen LogP contribution in [-0.2, 0) is 4.79 Å². The number of nitrogens with one attached hydrogen (secondary N) is 2. The minimum atomic E-state index is -0.622. The summed E-state index contributed by atoms with van der Waals surface area (Å²) in [6.45, 7) is 3.97. The first-order valence-corrected chi connectivity index (χ1v) is 8.88. The largest absolute Gasteiger partial charge is 0.370 e. The average molecular weight is 329 g/mol. The number of amides is 1. The first-order chi connectivity index (χ1) is 11.6. The molecule has 130 valence electrons. The third-order valence-electron chi connectivity index (χ3n) is 5.42. The topological polar surface area (TPSA) is 72.3 Å². The van der Waals surface area contributed by atoms with E-state index < -0.39 is 5.54 Å². The summed E-state index contributed by atoms with van der Waals surface area (Å²) in [4.78, 5) is 21.0. The van der Waals surface area contributed by atoms with Gasteiger partial charge in [0.15, 0.2) is 5.96 Å². The molecular formula is C18H27N5O. The molecule has 6 nitrogen and oxygen atoms in total. The van der Waals surface area contributed by atoms with Crippen LogP contribution in [0.5, 0.6) is 0 Å². The predicted octanol–water partition coefficient (Wildman–Crippen LogP) is 2.22. The van der Waals surface area contributed by atoms with Crippen molar-refractivity contribution in [1.29, 1.82) is 5.41 Å². The second-order valence-corrected chi connectivity index (χ2v) is 6.91. The van der Waals surface area contributed by atoms with E-state index in [1.807, 2.05) is 12.3 Å². The van der Waals surface area contributed by atoms with Crippen molar-refractivity contribution in [3.63, 3.8) is 0 Å². The molecule has 0 bridgehead atoms. The third-order valence-corrected chi connectivity index (χ3v) is 5.42. The molecular weight excluding hydrogens is 302 g/mol. The van der Waals surface area contributed by atoms with Crippen molar-refractivity contribution in [2.45, 2.75) is 44.6 Å². The quantitative estimate of drug-likeness (QED) is 0.869. The fourth-order valence-electron chi connectivity index (χ4n) is 4.01. The van der Waals surface area contributed by atoms with E-state index in [2.05, 4.69) is 28.2 Å². The molecule has 3 heterocycles. The van der Waals surface area contributed by atoms with Crippen molar-refractivity contribution in [3.05, 3.63) is 24.5 Å². The highest BCUT2D eigenvalue weighted by molar-refractivity contribution is 6.07. The summed E-state index contributed by atoms with van der Waals surface area (Å²) in [7, 11) is 1.70. The highest BCUT2D eigenvalue weighted by atomic mass is 16.2. The zero-order valence-corrected chi connectivity index (χ0v) is 14.6. The number of carbonyl (C=O) groups excluding carboxylic acids is 1. The van der Waals surface area contributed by atoms with Crippen LogP contribution < -0.4 is 10.2 Å². The molecule has 2 fully saturated rings. The van der Waals surface area contributed by atoms with Crippen LogP contribution in [0.15, 0.2) is 24.5 Å². The van der Waals surface area contributed by atoms with Gasteiger partial charge in [-0.25, -0.2) is 0 Å². The number of piperidine rings is 1. The zero-order chi connectivity index (χ0) is 17.2. The molecule has 0 spiro atoms. The maximum absolute atomic E-state index is 13.0. The second kappa shape index (κ2) is 6.79. The summed E-state index contributed by atoms with van der Waals surface area (Å²) in [5.41, 5.74) is 0.490. The van der Waals surface area contributed by atoms with Crippen LogP contribution in [0.3, 0.4) is 0 Å². The van der Waals surface area contributed by atoms with E-state index in [4.69, 9.17) is 5.41 Å². The maximum atomic E-state index is 13.0. The van der Waals surface area contributed by atoms with Crippen LogP contribution in [0.4, 0.5) is 5.69 Å². The number of nitrogens with zero attached hydrogens (tertiary/aromatic N) is 3. The van der Waals surface area contributed by atoms with E-state index >= 15 is 0 Å². The zero-order valence-electron chi connectivity index (χ0n) is 14.6. The molecule has 2 aliphatic rings. The van der Waals surface area contributed by atoms with Crippen molar-refractivity contribution in [1.82, 2.24) is 15.2 Å². The lowest BCUT2D eigenvalue weighted by Gasteiger charge is -2.42. The Bertz CT molecular complexity index is 605. The monoisotopic (exact) mass is 329 g/mol. The van der Waals surface area contributed by atoms with Gasteiger partial charge in [0.1, 0.15) is 5.54 Å². The lowest BCUT2D eigenvalue weighted by Crippen LogP contribution is -2.58. The molecule has 1 aromatic rings. The van der Waals surface area contributed by atoms with E-state index in [1.165, 1.54) is 4.90 Å². The van der Waals surface area contributed by atoms with E-state index in [-0.39, 0.29) is 17.8 Å². The lowest BCUT2D eigenvalue weighted by molar-refractivity contribution is -0.132. The molecule has 2 saturated heterocycles. The minimum absolute atomic E-state index is 0.0546. The van der Waals surface area contributed by atoms with Crippen LogP contribution in [0.25, 0.3) is 0 Å². The number of hydrogen-bond donors (Lipinski definition) is 2. The molecule has 0 saturated carbocycles. The van der Waals surface area contributed by atoms with Gasteiger partial charge in [0, 0.05) is 32.3 Å². The molecule has 2 atom stereocenters. The molecule has 2 N–H and O–H groups in total. The van der Waals surface area contributed by atoms with Crippen molar-refractivity contribution in [3.8, 4) is 0 Å². The van der Waals surface area contributed by atoms with Gasteiger partial charge in [-0.3, -0.25) is 20.1 Å². The van der Waals surface area contributed by atoms with Gasteiger partial charge in [-0.2, -0.15) is 0 Å². The van der Waals surface area contributed by atoms with Gasteiger partial charge in [-0.15, -0.1) is 0 Å². The normalized spacial score (nSPS) is 27.5. The summed E-state index contributed by atoms with van der Waals surface area (Å²) in [6.07, 6.45) is 8.57. The number of unbranched alkanes of at least 4 members (excludes halogenated alkanes) is 1. The molecule has 0 aliphatic carbocycles. The summed E-state index contributed by atoms with van der Waals surface area (Å²) in [5.74, 6) is 0.490. The van der Waals surface area contributed by atoms with Crippen LogP contribution in [0, 0.1) is 11.3 Å². The summed E-state index contributed by atoms with van der Waals surface area (Å²) in [6, 6.07) is 4.03. The van der Waals surface area contributed by atoms with E-state index in [0.29, 0.717) is 0 Å². The van der Waals surface area contributed by atoms with E-state index in [1.54, 1.807) is 13.2 Å². The SMILES string of the molecule is CCCC[C@]1(C2CCCN(c3cccnc3)C2)NC(=N)N(C)C1=O. The highest BCUT2D eigenvalue weighted by Gasteiger charge is 2.53. The Morgan fingerprint density at radius 3 is 2.96 bits per heavy atom. The molecule has 3 rings (SSSR count). The molecule has 0 aromatic carbocycles. The molecule has 1 aromatic heterocycles. The Morgan fingerprint density at radius 1 is 1.50 bits per heavy atom. The second-order valence-electron chi connectivity index (χ2n) is 6.91. The molecule has 2 aliphatic heterocycles. The molecule has 6 heteroatoms. The first-order valence-electron chi connectivity index (χ1n) is 8.88. The molecule has 1 unspecified atom stereocenters. The van der Waals surface area contributed by atoms with Crippen LogP contribution in [-0.4, -0.2) is 47.4 Å².